The Kier molecular flexibility index (Phi) is 8.11. The Morgan fingerprint density at radius 3 is 2.25 bits per heavy atom. The summed E-state index contributed by atoms with van der Waals surface area (Å²) in [6, 6.07) is 0.136. The predicted molar refractivity (Wildman–Crippen MR) is 86.8 cm³/mol. The predicted octanol–water partition coefficient (Wildman–Crippen LogP) is 3.54. The third-order valence-electron chi connectivity index (χ3n) is 4.51. The van der Waals surface area contributed by atoms with E-state index in [0.717, 1.165) is 45.1 Å². The van der Waals surface area contributed by atoms with Gasteiger partial charge >= 0.3 is 0 Å². The molecule has 0 aromatic rings. The zero-order chi connectivity index (χ0) is 15.0. The van der Waals surface area contributed by atoms with Crippen LogP contribution in [0.4, 0.5) is 0 Å². The molecule has 0 aliphatic heterocycles. The molecule has 0 aromatic heterocycles. The minimum Gasteiger partial charge on any atom is -0.313 e. The van der Waals surface area contributed by atoms with Gasteiger partial charge in [0.15, 0.2) is 9.84 Å². The van der Waals surface area contributed by atoms with Crippen LogP contribution in [-0.4, -0.2) is 32.0 Å². The quantitative estimate of drug-likeness (QED) is 0.671. The van der Waals surface area contributed by atoms with E-state index in [0.29, 0.717) is 11.7 Å². The van der Waals surface area contributed by atoms with Gasteiger partial charge in [-0.15, -0.1) is 0 Å². The summed E-state index contributed by atoms with van der Waals surface area (Å²) in [5, 5.41) is 3.27. The van der Waals surface area contributed by atoms with Gasteiger partial charge in [0.05, 0.1) is 11.0 Å². The van der Waals surface area contributed by atoms with Crippen molar-refractivity contribution in [2.75, 3.05) is 12.3 Å². The van der Waals surface area contributed by atoms with Crippen molar-refractivity contribution in [3.05, 3.63) is 0 Å². The zero-order valence-corrected chi connectivity index (χ0v) is 14.3. The second kappa shape index (κ2) is 9.04. The average molecular weight is 304 g/mol. The number of hydrogen-bond acceptors (Lipinski definition) is 3. The fourth-order valence-electron chi connectivity index (χ4n) is 3.48. The molecule has 0 aromatic carbocycles. The Balaban J connectivity index is 2.72. The van der Waals surface area contributed by atoms with Gasteiger partial charge in [-0.2, -0.15) is 0 Å². The third-order valence-corrected chi connectivity index (χ3v) is 7.03. The van der Waals surface area contributed by atoms with E-state index in [2.05, 4.69) is 19.2 Å². The highest BCUT2D eigenvalue weighted by atomic mass is 32.2. The maximum atomic E-state index is 12.8. The molecule has 2 atom stereocenters. The lowest BCUT2D eigenvalue weighted by Crippen LogP contribution is -2.45. The summed E-state index contributed by atoms with van der Waals surface area (Å²) in [6.07, 6.45) is 8.43. The van der Waals surface area contributed by atoms with Crippen LogP contribution in [-0.2, 0) is 9.84 Å². The molecule has 120 valence electrons. The van der Waals surface area contributed by atoms with Crippen LogP contribution < -0.4 is 5.32 Å². The minimum atomic E-state index is -2.97. The van der Waals surface area contributed by atoms with Gasteiger partial charge in [-0.25, -0.2) is 8.42 Å². The fourth-order valence-corrected chi connectivity index (χ4v) is 5.96. The standard InChI is InChI=1S/C16H33NO2S/c1-4-9-15(17-12-5-2)16(6-3)20(18,19)13-14-10-7-8-11-14/h14-17H,4-13H2,1-3H3. The SMILES string of the molecule is CCCNC(CCC)C(CC)S(=O)(=O)CC1CCCC1. The van der Waals surface area contributed by atoms with Gasteiger partial charge < -0.3 is 5.32 Å². The van der Waals surface area contributed by atoms with Crippen LogP contribution in [0.2, 0.25) is 0 Å². The molecule has 1 N–H and O–H groups in total. The summed E-state index contributed by atoms with van der Waals surface area (Å²) < 4.78 is 25.5. The Morgan fingerprint density at radius 1 is 1.10 bits per heavy atom. The molecule has 1 aliphatic rings. The first-order valence-electron chi connectivity index (χ1n) is 8.50. The van der Waals surface area contributed by atoms with Crippen molar-refractivity contribution in [3.8, 4) is 0 Å². The Morgan fingerprint density at radius 2 is 1.75 bits per heavy atom. The van der Waals surface area contributed by atoms with E-state index in [-0.39, 0.29) is 11.3 Å². The molecule has 20 heavy (non-hydrogen) atoms. The molecule has 4 heteroatoms. The molecule has 0 heterocycles. The van der Waals surface area contributed by atoms with E-state index in [4.69, 9.17) is 0 Å². The molecule has 3 nitrogen and oxygen atoms in total. The highest BCUT2D eigenvalue weighted by molar-refractivity contribution is 7.92. The summed E-state index contributed by atoms with van der Waals surface area (Å²) in [4.78, 5) is 0. The lowest BCUT2D eigenvalue weighted by molar-refractivity contribution is 0.433. The molecular formula is C16H33NO2S. The highest BCUT2D eigenvalue weighted by Gasteiger charge is 2.33. The second-order valence-electron chi connectivity index (χ2n) is 6.28. The van der Waals surface area contributed by atoms with Crippen LogP contribution in [0.1, 0.15) is 72.1 Å². The van der Waals surface area contributed by atoms with E-state index < -0.39 is 9.84 Å². The molecule has 1 fully saturated rings. The van der Waals surface area contributed by atoms with Gasteiger partial charge in [0.25, 0.3) is 0 Å². The summed E-state index contributed by atoms with van der Waals surface area (Å²) in [7, 11) is -2.97. The third kappa shape index (κ3) is 5.36. The fraction of sp³-hybridized carbons (Fsp3) is 1.00. The average Bonchev–Trinajstić information content (AvgIpc) is 2.88. The van der Waals surface area contributed by atoms with Crippen molar-refractivity contribution in [2.24, 2.45) is 5.92 Å². The number of hydrogen-bond donors (Lipinski definition) is 1. The van der Waals surface area contributed by atoms with Crippen LogP contribution in [0.5, 0.6) is 0 Å². The van der Waals surface area contributed by atoms with E-state index in [1.165, 1.54) is 12.8 Å². The van der Waals surface area contributed by atoms with Crippen LogP contribution in [0.25, 0.3) is 0 Å². The largest absolute Gasteiger partial charge is 0.313 e. The van der Waals surface area contributed by atoms with Crippen LogP contribution in [0.15, 0.2) is 0 Å². The molecule has 1 aliphatic carbocycles. The lowest BCUT2D eigenvalue weighted by atomic mass is 10.1. The number of rotatable bonds is 10. The van der Waals surface area contributed by atoms with E-state index >= 15 is 0 Å². The molecule has 2 unspecified atom stereocenters. The molecule has 0 saturated heterocycles. The van der Waals surface area contributed by atoms with Gasteiger partial charge in [0.1, 0.15) is 0 Å². The molecule has 1 saturated carbocycles. The summed E-state index contributed by atoms with van der Waals surface area (Å²) >= 11 is 0. The first-order chi connectivity index (χ1) is 9.55. The van der Waals surface area contributed by atoms with Gasteiger partial charge in [0, 0.05) is 6.04 Å². The minimum absolute atomic E-state index is 0.136. The Hall–Kier alpha value is -0.0900. The molecule has 0 amide bonds. The van der Waals surface area contributed by atoms with Gasteiger partial charge in [-0.05, 0) is 44.6 Å². The topological polar surface area (TPSA) is 46.2 Å². The zero-order valence-electron chi connectivity index (χ0n) is 13.5. The maximum absolute atomic E-state index is 12.8. The molecule has 0 radical (unpaired) electrons. The van der Waals surface area contributed by atoms with E-state index in [1.54, 1.807) is 0 Å². The summed E-state index contributed by atoms with van der Waals surface area (Å²) in [6.45, 7) is 7.20. The van der Waals surface area contributed by atoms with Gasteiger partial charge in [-0.1, -0.05) is 40.0 Å². The van der Waals surface area contributed by atoms with Gasteiger partial charge in [0.2, 0.25) is 0 Å². The monoisotopic (exact) mass is 303 g/mol. The normalized spacial score (nSPS) is 20.1. The van der Waals surface area contributed by atoms with Crippen molar-refractivity contribution < 1.29 is 8.42 Å². The number of sulfone groups is 1. The first-order valence-corrected chi connectivity index (χ1v) is 10.2. The summed E-state index contributed by atoms with van der Waals surface area (Å²) in [5.74, 6) is 0.835. The van der Waals surface area contributed by atoms with E-state index in [9.17, 15) is 8.42 Å². The van der Waals surface area contributed by atoms with E-state index in [1.807, 2.05) is 6.92 Å². The van der Waals surface area contributed by atoms with Gasteiger partial charge in [-0.3, -0.25) is 0 Å². The summed E-state index contributed by atoms with van der Waals surface area (Å²) in [5.41, 5.74) is 0. The van der Waals surface area contributed by atoms with Crippen molar-refractivity contribution in [3.63, 3.8) is 0 Å². The molecule has 1 rings (SSSR count). The maximum Gasteiger partial charge on any atom is 0.154 e. The lowest BCUT2D eigenvalue weighted by Gasteiger charge is -2.28. The number of nitrogens with one attached hydrogen (secondary N) is 1. The van der Waals surface area contributed by atoms with Crippen LogP contribution in [0, 0.1) is 5.92 Å². The van der Waals surface area contributed by atoms with Crippen molar-refractivity contribution in [2.45, 2.75) is 83.4 Å². The van der Waals surface area contributed by atoms with Crippen LogP contribution in [0.3, 0.4) is 0 Å². The smallest absolute Gasteiger partial charge is 0.154 e. The first kappa shape index (κ1) is 18.0. The molecule has 0 spiro atoms. The molecule has 0 bridgehead atoms. The van der Waals surface area contributed by atoms with Crippen molar-refractivity contribution in [1.82, 2.24) is 5.32 Å². The molecular weight excluding hydrogens is 270 g/mol. The highest BCUT2D eigenvalue weighted by Crippen LogP contribution is 2.28. The van der Waals surface area contributed by atoms with Crippen molar-refractivity contribution in [1.29, 1.82) is 0 Å². The Bertz CT molecular complexity index is 347. The second-order valence-corrected chi connectivity index (χ2v) is 8.54. The van der Waals surface area contributed by atoms with Crippen molar-refractivity contribution >= 4 is 9.84 Å². The van der Waals surface area contributed by atoms with Crippen LogP contribution >= 0.6 is 0 Å². The Labute approximate surface area is 125 Å².